The van der Waals surface area contributed by atoms with Gasteiger partial charge in [-0.05, 0) is 69.0 Å². The zero-order chi connectivity index (χ0) is 22.1. The molecule has 1 fully saturated rings. The van der Waals surface area contributed by atoms with Crippen molar-refractivity contribution < 1.29 is 18.0 Å². The lowest BCUT2D eigenvalue weighted by molar-refractivity contribution is -0.120. The number of aryl methyl sites for hydroxylation is 3. The van der Waals surface area contributed by atoms with Crippen molar-refractivity contribution in [3.05, 3.63) is 58.7 Å². The second-order valence-electron chi connectivity index (χ2n) is 7.83. The smallest absolute Gasteiger partial charge is 0.248 e. The lowest BCUT2D eigenvalue weighted by Gasteiger charge is -2.31. The lowest BCUT2D eigenvalue weighted by atomic mass is 9.97. The predicted octanol–water partition coefficient (Wildman–Crippen LogP) is 2.75. The van der Waals surface area contributed by atoms with Gasteiger partial charge in [-0.15, -0.1) is 0 Å². The minimum atomic E-state index is -3.58. The van der Waals surface area contributed by atoms with Crippen LogP contribution in [-0.4, -0.2) is 37.6 Å². The first-order valence-electron chi connectivity index (χ1n) is 9.88. The molecule has 30 heavy (non-hydrogen) atoms. The second-order valence-corrected chi connectivity index (χ2v) is 9.74. The highest BCUT2D eigenvalue weighted by atomic mass is 32.2. The highest BCUT2D eigenvalue weighted by molar-refractivity contribution is 7.89. The molecular formula is C22H27N3O4S. The summed E-state index contributed by atoms with van der Waals surface area (Å²) in [6.45, 7) is 6.08. The van der Waals surface area contributed by atoms with Gasteiger partial charge in [0.1, 0.15) is 0 Å². The number of rotatable bonds is 5. The van der Waals surface area contributed by atoms with E-state index in [1.165, 1.54) is 4.31 Å². The van der Waals surface area contributed by atoms with Crippen LogP contribution in [0.15, 0.2) is 41.3 Å². The third-order valence-corrected chi connectivity index (χ3v) is 7.59. The molecule has 3 rings (SSSR count). The van der Waals surface area contributed by atoms with Gasteiger partial charge in [-0.25, -0.2) is 8.42 Å². The molecule has 8 heteroatoms. The van der Waals surface area contributed by atoms with Gasteiger partial charge < -0.3 is 11.1 Å². The van der Waals surface area contributed by atoms with Crippen LogP contribution < -0.4 is 11.1 Å². The number of hydrogen-bond donors (Lipinski definition) is 2. The van der Waals surface area contributed by atoms with Gasteiger partial charge in [0.25, 0.3) is 0 Å². The third kappa shape index (κ3) is 4.55. The number of carbonyl (C=O) groups excluding carboxylic acids is 2. The van der Waals surface area contributed by atoms with E-state index in [4.69, 9.17) is 5.73 Å². The maximum atomic E-state index is 13.0. The zero-order valence-electron chi connectivity index (χ0n) is 17.4. The second kappa shape index (κ2) is 8.57. The maximum Gasteiger partial charge on any atom is 0.248 e. The molecule has 0 bridgehead atoms. The van der Waals surface area contributed by atoms with E-state index < -0.39 is 15.9 Å². The molecule has 0 spiro atoms. The quantitative estimate of drug-likeness (QED) is 0.761. The summed E-state index contributed by atoms with van der Waals surface area (Å²) in [4.78, 5) is 24.3. The summed E-state index contributed by atoms with van der Waals surface area (Å²) >= 11 is 0. The molecule has 3 N–H and O–H groups in total. The molecule has 2 aromatic carbocycles. The van der Waals surface area contributed by atoms with Crippen LogP contribution >= 0.6 is 0 Å². The molecule has 0 aromatic heterocycles. The number of nitrogens with two attached hydrogens (primary N) is 1. The van der Waals surface area contributed by atoms with Gasteiger partial charge in [0.05, 0.1) is 4.90 Å². The fourth-order valence-electron chi connectivity index (χ4n) is 3.85. The van der Waals surface area contributed by atoms with E-state index in [2.05, 4.69) is 5.32 Å². The van der Waals surface area contributed by atoms with Crippen LogP contribution in [0.2, 0.25) is 0 Å². The van der Waals surface area contributed by atoms with Gasteiger partial charge in [0.2, 0.25) is 21.8 Å². The van der Waals surface area contributed by atoms with Crippen molar-refractivity contribution in [3.63, 3.8) is 0 Å². The summed E-state index contributed by atoms with van der Waals surface area (Å²) in [6.07, 6.45) is 0.905. The van der Waals surface area contributed by atoms with Crippen LogP contribution in [0.1, 0.15) is 39.9 Å². The molecule has 1 aliphatic rings. The highest BCUT2D eigenvalue weighted by Gasteiger charge is 2.32. The number of nitrogens with zero attached hydrogens (tertiary/aromatic N) is 1. The number of primary amides is 1. The molecule has 1 heterocycles. The van der Waals surface area contributed by atoms with Crippen LogP contribution in [0.25, 0.3) is 0 Å². The van der Waals surface area contributed by atoms with Gasteiger partial charge >= 0.3 is 0 Å². The molecule has 1 aliphatic heterocycles. The fraction of sp³-hybridized carbons (Fsp3) is 0.364. The first-order valence-corrected chi connectivity index (χ1v) is 11.3. The molecule has 0 aliphatic carbocycles. The third-order valence-electron chi connectivity index (χ3n) is 5.53. The summed E-state index contributed by atoms with van der Waals surface area (Å²) in [5, 5.41) is 2.86. The van der Waals surface area contributed by atoms with Crippen molar-refractivity contribution in [2.75, 3.05) is 18.4 Å². The monoisotopic (exact) mass is 429 g/mol. The standard InChI is InChI=1S/C22H27N3O4S/c1-14-4-7-20(16(3)12-14)30(28,29)25-10-8-17(9-11-25)22(27)24-18-5-6-19(21(23)26)15(2)13-18/h4-7,12-13,17H,8-11H2,1-3H3,(H2,23,26)(H,24,27). The van der Waals surface area contributed by atoms with Crippen LogP contribution in [0.4, 0.5) is 5.69 Å². The summed E-state index contributed by atoms with van der Waals surface area (Å²) in [5.74, 6) is -0.931. The largest absolute Gasteiger partial charge is 0.366 e. The van der Waals surface area contributed by atoms with Crippen molar-refractivity contribution in [2.24, 2.45) is 11.7 Å². The summed E-state index contributed by atoms with van der Waals surface area (Å²) in [6, 6.07) is 10.2. The molecule has 0 atom stereocenters. The number of benzene rings is 2. The van der Waals surface area contributed by atoms with E-state index >= 15 is 0 Å². The van der Waals surface area contributed by atoms with Crippen LogP contribution in [0.5, 0.6) is 0 Å². The minimum Gasteiger partial charge on any atom is -0.366 e. The van der Waals surface area contributed by atoms with Gasteiger partial charge in [-0.1, -0.05) is 17.7 Å². The SMILES string of the molecule is Cc1ccc(S(=O)(=O)N2CCC(C(=O)Nc3ccc(C(N)=O)c(C)c3)CC2)c(C)c1. The van der Waals surface area contributed by atoms with Crippen molar-refractivity contribution in [3.8, 4) is 0 Å². The first kappa shape index (κ1) is 22.0. The van der Waals surface area contributed by atoms with Crippen LogP contribution in [-0.2, 0) is 14.8 Å². The first-order chi connectivity index (χ1) is 14.1. The minimum absolute atomic E-state index is 0.148. The molecule has 2 amide bonds. The molecule has 160 valence electrons. The summed E-state index contributed by atoms with van der Waals surface area (Å²) < 4.78 is 27.5. The van der Waals surface area contributed by atoms with E-state index in [9.17, 15) is 18.0 Å². The predicted molar refractivity (Wildman–Crippen MR) is 116 cm³/mol. The Morgan fingerprint density at radius 2 is 1.67 bits per heavy atom. The van der Waals surface area contributed by atoms with Gasteiger partial charge in [0.15, 0.2) is 0 Å². The van der Waals surface area contributed by atoms with Crippen LogP contribution in [0, 0.1) is 26.7 Å². The number of amides is 2. The van der Waals surface area contributed by atoms with Crippen molar-refractivity contribution in [1.29, 1.82) is 0 Å². The average Bonchev–Trinajstić information content (AvgIpc) is 2.67. The number of nitrogens with one attached hydrogen (secondary N) is 1. The van der Waals surface area contributed by atoms with E-state index in [1.807, 2.05) is 13.0 Å². The van der Waals surface area contributed by atoms with Crippen molar-refractivity contribution in [1.82, 2.24) is 4.31 Å². The van der Waals surface area contributed by atoms with Crippen molar-refractivity contribution in [2.45, 2.75) is 38.5 Å². The number of hydrogen-bond acceptors (Lipinski definition) is 4. The molecular weight excluding hydrogens is 402 g/mol. The Balaban J connectivity index is 1.64. The lowest BCUT2D eigenvalue weighted by Crippen LogP contribution is -2.41. The molecule has 2 aromatic rings. The summed E-state index contributed by atoms with van der Waals surface area (Å²) in [7, 11) is -3.58. The Kier molecular flexibility index (Phi) is 6.28. The average molecular weight is 430 g/mol. The van der Waals surface area contributed by atoms with E-state index in [0.29, 0.717) is 47.6 Å². The normalized spacial score (nSPS) is 15.7. The Hall–Kier alpha value is -2.71. The van der Waals surface area contributed by atoms with E-state index in [0.717, 1.165) is 11.1 Å². The molecule has 0 unspecified atom stereocenters. The van der Waals surface area contributed by atoms with E-state index in [-0.39, 0.29) is 11.8 Å². The van der Waals surface area contributed by atoms with Gasteiger partial charge in [-0.2, -0.15) is 4.31 Å². The van der Waals surface area contributed by atoms with Crippen molar-refractivity contribution >= 4 is 27.5 Å². The van der Waals surface area contributed by atoms with E-state index in [1.54, 1.807) is 44.2 Å². The molecule has 0 saturated carbocycles. The number of anilines is 1. The van der Waals surface area contributed by atoms with Crippen LogP contribution in [0.3, 0.4) is 0 Å². The highest BCUT2D eigenvalue weighted by Crippen LogP contribution is 2.27. The molecule has 0 radical (unpaired) electrons. The Morgan fingerprint density at radius 3 is 2.23 bits per heavy atom. The fourth-order valence-corrected chi connectivity index (χ4v) is 5.52. The Morgan fingerprint density at radius 1 is 1.00 bits per heavy atom. The number of piperidine rings is 1. The summed E-state index contributed by atoms with van der Waals surface area (Å²) in [5.41, 5.74) is 8.75. The zero-order valence-corrected chi connectivity index (χ0v) is 18.3. The topological polar surface area (TPSA) is 110 Å². The Bertz CT molecular complexity index is 1090. The Labute approximate surface area is 177 Å². The van der Waals surface area contributed by atoms with Gasteiger partial charge in [-0.3, -0.25) is 9.59 Å². The van der Waals surface area contributed by atoms with Gasteiger partial charge in [0, 0.05) is 30.3 Å². The molecule has 1 saturated heterocycles. The number of sulfonamides is 1. The maximum absolute atomic E-state index is 13.0. The number of carbonyl (C=O) groups is 2. The molecule has 7 nitrogen and oxygen atoms in total.